The lowest BCUT2D eigenvalue weighted by atomic mass is 9.47. The van der Waals surface area contributed by atoms with Crippen LogP contribution < -0.4 is 5.32 Å². The van der Waals surface area contributed by atoms with Gasteiger partial charge in [0.25, 0.3) is 0 Å². The summed E-state index contributed by atoms with van der Waals surface area (Å²) in [5.41, 5.74) is -0.982. The van der Waals surface area contributed by atoms with Crippen molar-refractivity contribution in [3.8, 4) is 6.07 Å². The van der Waals surface area contributed by atoms with Crippen molar-refractivity contribution in [2.75, 3.05) is 0 Å². The first kappa shape index (κ1) is 20.4. The first-order valence-corrected chi connectivity index (χ1v) is 11.8. The molecule has 4 bridgehead atoms. The normalized spacial score (nSPS) is 44.2. The Morgan fingerprint density at radius 3 is 2.40 bits per heavy atom. The summed E-state index contributed by atoms with van der Waals surface area (Å²) in [5.74, 6) is 1.37. The summed E-state index contributed by atoms with van der Waals surface area (Å²) >= 11 is 7.04. The molecule has 0 aromatic rings. The van der Waals surface area contributed by atoms with Crippen molar-refractivity contribution in [3.63, 3.8) is 0 Å². The quantitative estimate of drug-likeness (QED) is 0.682. The Morgan fingerprint density at radius 1 is 1.17 bits per heavy atom. The highest BCUT2D eigenvalue weighted by Gasteiger charge is 2.64. The lowest BCUT2D eigenvalue weighted by Crippen LogP contribution is -2.65. The summed E-state index contributed by atoms with van der Waals surface area (Å²) in [6.45, 7) is 5.47. The smallest absolute Gasteiger partial charge is 0.408 e. The molecule has 6 atom stereocenters. The van der Waals surface area contributed by atoms with Crippen LogP contribution >= 0.6 is 11.6 Å². The number of halogens is 1. The number of nitriles is 1. The van der Waals surface area contributed by atoms with Gasteiger partial charge in [-0.2, -0.15) is 5.26 Å². The number of fused-ring (bicyclic) bond motifs is 1. The average Bonchev–Trinajstić information content (AvgIpc) is 3.25. The summed E-state index contributed by atoms with van der Waals surface area (Å²) in [5, 5.41) is 12.6. The molecule has 1 heterocycles. The molecule has 0 radical (unpaired) electrons. The van der Waals surface area contributed by atoms with Crippen LogP contribution in [0.25, 0.3) is 0 Å². The van der Waals surface area contributed by atoms with Gasteiger partial charge in [0.1, 0.15) is 17.7 Å². The molecule has 0 aromatic carbocycles. The summed E-state index contributed by atoms with van der Waals surface area (Å²) in [6, 6.07) is 1.41. The maximum atomic E-state index is 13.9. The second-order valence-corrected chi connectivity index (χ2v) is 12.5. The summed E-state index contributed by atoms with van der Waals surface area (Å²) in [6.07, 6.45) is 6.96. The Kier molecular flexibility index (Phi) is 4.43. The second-order valence-electron chi connectivity index (χ2n) is 11.7. The third-order valence-electron chi connectivity index (χ3n) is 8.06. The molecular formula is C23H32ClN3O3. The van der Waals surface area contributed by atoms with E-state index in [1.54, 1.807) is 4.90 Å². The number of rotatable bonds is 3. The van der Waals surface area contributed by atoms with E-state index in [-0.39, 0.29) is 28.3 Å². The van der Waals surface area contributed by atoms with Crippen molar-refractivity contribution in [1.82, 2.24) is 10.2 Å². The number of carbonyl (C=O) groups is 2. The number of amides is 2. The van der Waals surface area contributed by atoms with Crippen LogP contribution in [-0.2, 0) is 9.53 Å². The van der Waals surface area contributed by atoms with Crippen LogP contribution in [0.1, 0.15) is 72.1 Å². The third-order valence-corrected chi connectivity index (χ3v) is 8.51. The summed E-state index contributed by atoms with van der Waals surface area (Å²) in [7, 11) is 0. The van der Waals surface area contributed by atoms with Gasteiger partial charge in [-0.1, -0.05) is 0 Å². The molecule has 6 aliphatic rings. The van der Waals surface area contributed by atoms with Gasteiger partial charge in [0.15, 0.2) is 0 Å². The number of likely N-dealkylation sites (tertiary alicyclic amines) is 1. The molecule has 1 aliphatic heterocycles. The summed E-state index contributed by atoms with van der Waals surface area (Å²) in [4.78, 5) is 28.3. The number of nitrogens with zero attached hydrogens (tertiary/aromatic N) is 2. The van der Waals surface area contributed by atoms with E-state index in [2.05, 4.69) is 11.4 Å². The van der Waals surface area contributed by atoms with Crippen molar-refractivity contribution in [1.29, 1.82) is 5.26 Å². The largest absolute Gasteiger partial charge is 0.444 e. The van der Waals surface area contributed by atoms with Crippen molar-refractivity contribution < 1.29 is 14.3 Å². The molecule has 6 fully saturated rings. The molecule has 1 N–H and O–H groups in total. The highest BCUT2D eigenvalue weighted by Crippen LogP contribution is 2.65. The van der Waals surface area contributed by atoms with Crippen LogP contribution in [0, 0.1) is 34.5 Å². The first-order valence-electron chi connectivity index (χ1n) is 11.4. The van der Waals surface area contributed by atoms with E-state index >= 15 is 0 Å². The number of hydrogen-bond donors (Lipinski definition) is 1. The number of hydrogen-bond acceptors (Lipinski definition) is 4. The van der Waals surface area contributed by atoms with Gasteiger partial charge in [0.05, 0.1) is 6.07 Å². The molecule has 30 heavy (non-hydrogen) atoms. The number of ether oxygens (including phenoxy) is 1. The van der Waals surface area contributed by atoms with Crippen LogP contribution in [-0.4, -0.2) is 45.5 Å². The Balaban J connectivity index is 1.47. The van der Waals surface area contributed by atoms with Gasteiger partial charge in [-0.3, -0.25) is 4.79 Å². The molecule has 5 aliphatic carbocycles. The lowest BCUT2D eigenvalue weighted by Gasteiger charge is -2.62. The molecule has 0 spiro atoms. The van der Waals surface area contributed by atoms with Gasteiger partial charge in [0, 0.05) is 16.3 Å². The number of carbonyl (C=O) groups excluding carboxylic acids is 2. The van der Waals surface area contributed by atoms with Crippen molar-refractivity contribution in [3.05, 3.63) is 0 Å². The molecule has 6 rings (SSSR count). The number of alkyl carbamates (subject to hydrolysis) is 1. The molecule has 164 valence electrons. The van der Waals surface area contributed by atoms with Gasteiger partial charge in [-0.15, -0.1) is 11.6 Å². The van der Waals surface area contributed by atoms with Crippen LogP contribution in [0.5, 0.6) is 0 Å². The fourth-order valence-electron chi connectivity index (χ4n) is 7.50. The predicted octanol–water partition coefficient (Wildman–Crippen LogP) is 3.97. The first-order chi connectivity index (χ1) is 14.0. The highest BCUT2D eigenvalue weighted by molar-refractivity contribution is 6.24. The maximum Gasteiger partial charge on any atom is 0.408 e. The monoisotopic (exact) mass is 433 g/mol. The molecule has 2 amide bonds. The van der Waals surface area contributed by atoms with Gasteiger partial charge in [0.2, 0.25) is 5.91 Å². The van der Waals surface area contributed by atoms with Crippen LogP contribution in [0.3, 0.4) is 0 Å². The van der Waals surface area contributed by atoms with E-state index in [1.807, 2.05) is 20.8 Å². The van der Waals surface area contributed by atoms with E-state index in [0.717, 1.165) is 44.9 Å². The van der Waals surface area contributed by atoms with Gasteiger partial charge in [-0.05, 0) is 89.9 Å². The SMILES string of the molecule is CC(C)(C)OC(=O)N[C@H](C(=O)N1[C@H](C#N)C[C@@H]2C[C@@H]21)C12CC3CC(CC(Cl)(C3)C1)C2. The van der Waals surface area contributed by atoms with Crippen molar-refractivity contribution in [2.24, 2.45) is 23.2 Å². The third kappa shape index (κ3) is 3.38. The topological polar surface area (TPSA) is 82.4 Å². The number of nitrogens with one attached hydrogen (secondary N) is 1. The van der Waals surface area contributed by atoms with Gasteiger partial charge < -0.3 is 15.0 Å². The van der Waals surface area contributed by atoms with Crippen LogP contribution in [0.4, 0.5) is 4.79 Å². The molecule has 1 saturated heterocycles. The Morgan fingerprint density at radius 2 is 1.83 bits per heavy atom. The van der Waals surface area contributed by atoms with E-state index in [1.165, 1.54) is 6.42 Å². The van der Waals surface area contributed by atoms with Crippen LogP contribution in [0.15, 0.2) is 0 Å². The molecular weight excluding hydrogens is 402 g/mol. The fraction of sp³-hybridized carbons (Fsp3) is 0.870. The lowest BCUT2D eigenvalue weighted by molar-refractivity contribution is -0.145. The van der Waals surface area contributed by atoms with Crippen molar-refractivity contribution >= 4 is 23.6 Å². The number of piperidine rings is 1. The minimum Gasteiger partial charge on any atom is -0.444 e. The summed E-state index contributed by atoms with van der Waals surface area (Å²) < 4.78 is 5.54. The average molecular weight is 434 g/mol. The van der Waals surface area contributed by atoms with E-state index < -0.39 is 17.7 Å². The fourth-order valence-corrected chi connectivity index (χ4v) is 8.20. The Labute approximate surface area is 183 Å². The zero-order chi connectivity index (χ0) is 21.5. The zero-order valence-electron chi connectivity index (χ0n) is 18.1. The molecule has 7 heteroatoms. The molecule has 2 unspecified atom stereocenters. The minimum absolute atomic E-state index is 0.0976. The molecule has 6 nitrogen and oxygen atoms in total. The van der Waals surface area contributed by atoms with E-state index in [4.69, 9.17) is 16.3 Å². The Hall–Kier alpha value is -1.48. The number of alkyl halides is 1. The second kappa shape index (κ2) is 6.51. The van der Waals surface area contributed by atoms with Crippen molar-refractivity contribution in [2.45, 2.75) is 101 Å². The minimum atomic E-state index is -0.674. The van der Waals surface area contributed by atoms with Gasteiger partial charge in [-0.25, -0.2) is 4.79 Å². The van der Waals surface area contributed by atoms with E-state index in [0.29, 0.717) is 17.8 Å². The van der Waals surface area contributed by atoms with Gasteiger partial charge >= 0.3 is 6.09 Å². The maximum absolute atomic E-state index is 13.9. The molecule has 5 saturated carbocycles. The van der Waals surface area contributed by atoms with E-state index in [9.17, 15) is 14.9 Å². The standard InChI is InChI=1S/C23H32ClN3O3/c1-21(2,3)30-20(29)26-18(19(28)27-16(11-25)5-15-6-17(15)27)22-7-13-4-14(8-22)10-23(24,9-13)12-22/h13-18H,4-10,12H2,1-3H3,(H,26,29)/t13?,14?,15-,16+,17+,18-,22?,23?/m1/s1. The highest BCUT2D eigenvalue weighted by atomic mass is 35.5. The van der Waals surface area contributed by atoms with Crippen LogP contribution in [0.2, 0.25) is 0 Å². The zero-order valence-corrected chi connectivity index (χ0v) is 18.9. The Bertz CT molecular complexity index is 801. The molecule has 0 aromatic heterocycles. The predicted molar refractivity (Wildman–Crippen MR) is 112 cm³/mol.